The highest BCUT2D eigenvalue weighted by molar-refractivity contribution is 5.66. The number of fused-ring (bicyclic) bond motifs is 5. The highest BCUT2D eigenvalue weighted by Gasteiger charge is 2.64. The van der Waals surface area contributed by atoms with Gasteiger partial charge in [-0.1, -0.05) is 27.7 Å². The monoisotopic (exact) mass is 518 g/mol. The van der Waals surface area contributed by atoms with E-state index in [0.717, 1.165) is 30.6 Å². The molecule has 0 radical (unpaired) electrons. The van der Waals surface area contributed by atoms with Crippen LogP contribution in [0.15, 0.2) is 0 Å². The van der Waals surface area contributed by atoms with Crippen molar-refractivity contribution in [2.24, 2.45) is 46.3 Å². The Bertz CT molecular complexity index is 814. The first-order valence-electron chi connectivity index (χ1n) is 15.7. The molecule has 4 rings (SSSR count). The smallest absolute Gasteiger partial charge is 0.303 e. The highest BCUT2D eigenvalue weighted by atomic mass is 16.5. The number of rotatable bonds is 8. The molecular weight excluding hydrogens is 460 g/mol. The fraction of sp³-hybridized carbons (Fsp3) is 0.970. The molecule has 0 heterocycles. The maximum absolute atomic E-state index is 11.4. The van der Waals surface area contributed by atoms with Crippen molar-refractivity contribution in [1.82, 2.24) is 0 Å². The molecule has 0 aromatic heterocycles. The SMILES string of the molecule is CCC(C)(C)O[C@H]1C[C@H]2[C@@H](CC[C@@H]3C[C@H](OC(C)(C)C)CC[C@@]32C)[C@@H]2CCC([C@H](C)CCC(=O)O)[C@@]12C. The Labute approximate surface area is 228 Å². The van der Waals surface area contributed by atoms with Crippen molar-refractivity contribution >= 4 is 5.97 Å². The van der Waals surface area contributed by atoms with Crippen LogP contribution < -0.4 is 0 Å². The molecule has 1 N–H and O–H groups in total. The van der Waals surface area contributed by atoms with Crippen molar-refractivity contribution in [1.29, 1.82) is 0 Å². The van der Waals surface area contributed by atoms with Crippen LogP contribution in [0, 0.1) is 46.3 Å². The molecule has 214 valence electrons. The van der Waals surface area contributed by atoms with Crippen LogP contribution in [0.4, 0.5) is 0 Å². The van der Waals surface area contributed by atoms with Gasteiger partial charge >= 0.3 is 5.97 Å². The van der Waals surface area contributed by atoms with Crippen LogP contribution in [0.3, 0.4) is 0 Å². The largest absolute Gasteiger partial charge is 0.481 e. The van der Waals surface area contributed by atoms with Crippen molar-refractivity contribution in [2.45, 2.75) is 156 Å². The van der Waals surface area contributed by atoms with Gasteiger partial charge < -0.3 is 14.6 Å². The molecule has 1 unspecified atom stereocenters. The Hall–Kier alpha value is -0.610. The number of hydrogen-bond donors (Lipinski definition) is 1. The number of carboxylic acid groups (broad SMARTS) is 1. The van der Waals surface area contributed by atoms with Gasteiger partial charge in [-0.3, -0.25) is 4.79 Å². The first-order valence-corrected chi connectivity index (χ1v) is 15.7. The summed E-state index contributed by atoms with van der Waals surface area (Å²) in [7, 11) is 0. The van der Waals surface area contributed by atoms with Crippen LogP contribution >= 0.6 is 0 Å². The van der Waals surface area contributed by atoms with E-state index >= 15 is 0 Å². The van der Waals surface area contributed by atoms with Gasteiger partial charge in [-0.25, -0.2) is 0 Å². The highest BCUT2D eigenvalue weighted by Crippen LogP contribution is 2.69. The van der Waals surface area contributed by atoms with E-state index in [1.165, 1.54) is 51.4 Å². The number of hydrogen-bond acceptors (Lipinski definition) is 3. The molecule has 4 saturated carbocycles. The topological polar surface area (TPSA) is 55.8 Å². The first kappa shape index (κ1) is 29.4. The van der Waals surface area contributed by atoms with E-state index < -0.39 is 5.97 Å². The van der Waals surface area contributed by atoms with Crippen LogP contribution in [0.25, 0.3) is 0 Å². The van der Waals surface area contributed by atoms with E-state index in [-0.39, 0.29) is 29.1 Å². The zero-order valence-corrected chi connectivity index (χ0v) is 25.6. The maximum Gasteiger partial charge on any atom is 0.303 e. The molecule has 0 amide bonds. The minimum Gasteiger partial charge on any atom is -0.481 e. The fourth-order valence-electron chi connectivity index (χ4n) is 9.92. The Morgan fingerprint density at radius 1 is 0.973 bits per heavy atom. The van der Waals surface area contributed by atoms with Gasteiger partial charge in [-0.2, -0.15) is 0 Å². The van der Waals surface area contributed by atoms with Gasteiger partial charge in [0.05, 0.1) is 23.4 Å². The van der Waals surface area contributed by atoms with Gasteiger partial charge in [0.2, 0.25) is 0 Å². The summed E-state index contributed by atoms with van der Waals surface area (Å²) < 4.78 is 13.7. The second-order valence-electron chi connectivity index (χ2n) is 15.7. The van der Waals surface area contributed by atoms with E-state index in [1.807, 2.05) is 0 Å². The fourth-order valence-corrected chi connectivity index (χ4v) is 9.92. The van der Waals surface area contributed by atoms with Gasteiger partial charge in [0, 0.05) is 6.42 Å². The van der Waals surface area contributed by atoms with Crippen LogP contribution in [0.1, 0.15) is 133 Å². The minimum atomic E-state index is -0.660. The number of aliphatic carboxylic acids is 1. The number of carboxylic acids is 1. The van der Waals surface area contributed by atoms with Gasteiger partial charge in [-0.15, -0.1) is 0 Å². The Balaban J connectivity index is 1.62. The Morgan fingerprint density at radius 3 is 2.30 bits per heavy atom. The first-order chi connectivity index (χ1) is 17.1. The molecule has 0 bridgehead atoms. The molecule has 0 aliphatic heterocycles. The number of ether oxygens (including phenoxy) is 2. The molecule has 4 aliphatic carbocycles. The van der Waals surface area contributed by atoms with Crippen LogP contribution in [0.5, 0.6) is 0 Å². The lowest BCUT2D eigenvalue weighted by molar-refractivity contribution is -0.223. The van der Waals surface area contributed by atoms with Crippen molar-refractivity contribution in [3.05, 3.63) is 0 Å². The van der Waals surface area contributed by atoms with Gasteiger partial charge in [0.15, 0.2) is 0 Å². The average Bonchev–Trinajstić information content (AvgIpc) is 3.15. The molecule has 4 nitrogen and oxygen atoms in total. The Kier molecular flexibility index (Phi) is 8.27. The molecular formula is C33H58O4. The van der Waals surface area contributed by atoms with E-state index in [2.05, 4.69) is 62.3 Å². The zero-order chi connectivity index (χ0) is 27.4. The lowest BCUT2D eigenvalue weighted by Gasteiger charge is -2.64. The molecule has 37 heavy (non-hydrogen) atoms. The van der Waals surface area contributed by atoms with E-state index in [1.54, 1.807) is 0 Å². The third-order valence-corrected chi connectivity index (χ3v) is 12.1. The second-order valence-corrected chi connectivity index (χ2v) is 15.7. The third kappa shape index (κ3) is 5.67. The summed E-state index contributed by atoms with van der Waals surface area (Å²) >= 11 is 0. The predicted molar refractivity (Wildman–Crippen MR) is 151 cm³/mol. The summed E-state index contributed by atoms with van der Waals surface area (Å²) in [6.45, 7) is 20.9. The van der Waals surface area contributed by atoms with Crippen LogP contribution in [0.2, 0.25) is 0 Å². The standard InChI is InChI=1S/C33H58O4/c1-10-31(6,7)37-28-20-27-24(26-15-14-25(33(26,28)9)21(2)11-16-29(34)35)13-12-22-19-23(36-30(3,4)5)17-18-32(22,27)8/h21-28H,10-20H2,1-9H3,(H,34,35)/t21-,22-,23-,24+,25?,26+,27+,28+,32+,33-/m1/s1. The van der Waals surface area contributed by atoms with Gasteiger partial charge in [0.25, 0.3) is 0 Å². The van der Waals surface area contributed by atoms with E-state index in [9.17, 15) is 9.90 Å². The average molecular weight is 519 g/mol. The maximum atomic E-state index is 11.4. The molecule has 4 heteroatoms. The minimum absolute atomic E-state index is 0.0663. The summed E-state index contributed by atoms with van der Waals surface area (Å²) in [4.78, 5) is 11.4. The van der Waals surface area contributed by atoms with Crippen LogP contribution in [-0.2, 0) is 14.3 Å². The van der Waals surface area contributed by atoms with E-state index in [0.29, 0.717) is 29.3 Å². The molecule has 0 aromatic rings. The normalized spacial score (nSPS) is 43.0. The number of carbonyl (C=O) groups is 1. The molecule has 0 aromatic carbocycles. The molecule has 0 spiro atoms. The second kappa shape index (κ2) is 10.4. The van der Waals surface area contributed by atoms with Gasteiger partial charge in [0.1, 0.15) is 0 Å². The molecule has 4 fully saturated rings. The molecule has 4 aliphatic rings. The summed E-state index contributed by atoms with van der Waals surface area (Å²) in [5.41, 5.74) is 0.326. The zero-order valence-electron chi connectivity index (χ0n) is 25.6. The lowest BCUT2D eigenvalue weighted by Crippen LogP contribution is -2.60. The van der Waals surface area contributed by atoms with Crippen molar-refractivity contribution < 1.29 is 19.4 Å². The van der Waals surface area contributed by atoms with E-state index in [4.69, 9.17) is 9.47 Å². The predicted octanol–water partition coefficient (Wildman–Crippen LogP) is 8.51. The summed E-state index contributed by atoms with van der Waals surface area (Å²) in [5, 5.41) is 9.38. The summed E-state index contributed by atoms with van der Waals surface area (Å²) in [6.07, 6.45) is 12.9. The Morgan fingerprint density at radius 2 is 1.68 bits per heavy atom. The lowest BCUT2D eigenvalue weighted by atomic mass is 9.43. The van der Waals surface area contributed by atoms with Crippen molar-refractivity contribution in [2.75, 3.05) is 0 Å². The van der Waals surface area contributed by atoms with Crippen molar-refractivity contribution in [3.63, 3.8) is 0 Å². The summed E-state index contributed by atoms with van der Waals surface area (Å²) in [5.74, 6) is 3.28. The molecule has 10 atom stereocenters. The quantitative estimate of drug-likeness (QED) is 0.350. The summed E-state index contributed by atoms with van der Waals surface area (Å²) in [6, 6.07) is 0. The van der Waals surface area contributed by atoms with Crippen LogP contribution in [-0.4, -0.2) is 34.5 Å². The van der Waals surface area contributed by atoms with Gasteiger partial charge in [-0.05, 0) is 145 Å². The van der Waals surface area contributed by atoms with Crippen molar-refractivity contribution in [3.8, 4) is 0 Å². The molecule has 0 saturated heterocycles. The third-order valence-electron chi connectivity index (χ3n) is 12.1.